The normalized spacial score (nSPS) is 13.8. The molecule has 3 heteroatoms. The summed E-state index contributed by atoms with van der Waals surface area (Å²) in [5, 5.41) is 0. The van der Waals surface area contributed by atoms with Gasteiger partial charge in [0.15, 0.2) is 17.5 Å². The number of nitrogens with zero attached hydrogens (tertiary/aromatic N) is 3. The van der Waals surface area contributed by atoms with Crippen LogP contribution < -0.4 is 0 Å². The molecule has 8 rings (SSSR count). The Morgan fingerprint density at radius 1 is 0.475 bits per heavy atom. The van der Waals surface area contributed by atoms with Gasteiger partial charge in [0.25, 0.3) is 0 Å². The maximum Gasteiger partial charge on any atom is 0.164 e. The highest BCUT2D eigenvalue weighted by molar-refractivity contribution is 5.90. The predicted octanol–water partition coefficient (Wildman–Crippen LogP) is 8.75. The smallest absolute Gasteiger partial charge is 0.164 e. The van der Waals surface area contributed by atoms with Crippen LogP contribution in [0.25, 0.3) is 56.4 Å². The van der Waals surface area contributed by atoms with Crippen molar-refractivity contribution in [2.75, 3.05) is 0 Å². The van der Waals surface area contributed by atoms with Crippen LogP contribution in [0.5, 0.6) is 0 Å². The van der Waals surface area contributed by atoms with Gasteiger partial charge < -0.3 is 0 Å². The Kier molecular flexibility index (Phi) is 4.93. The first-order chi connectivity index (χ1) is 19.6. The van der Waals surface area contributed by atoms with Crippen LogP contribution in [-0.2, 0) is 11.8 Å². The molecule has 40 heavy (non-hydrogen) atoms. The van der Waals surface area contributed by atoms with Crippen LogP contribution in [0.3, 0.4) is 0 Å². The predicted molar refractivity (Wildman–Crippen MR) is 162 cm³/mol. The zero-order chi connectivity index (χ0) is 26.8. The molecule has 0 bridgehead atoms. The summed E-state index contributed by atoms with van der Waals surface area (Å²) in [6.07, 6.45) is 0.869. The van der Waals surface area contributed by atoms with Gasteiger partial charge in [0.1, 0.15) is 0 Å². The lowest BCUT2D eigenvalue weighted by atomic mass is 9.81. The number of fused-ring (bicyclic) bond motifs is 6. The molecular formula is C37H27N3. The summed E-state index contributed by atoms with van der Waals surface area (Å²) in [6, 6.07) is 40.6. The largest absolute Gasteiger partial charge is 0.208 e. The summed E-state index contributed by atoms with van der Waals surface area (Å²) in [7, 11) is 0. The molecule has 190 valence electrons. The van der Waals surface area contributed by atoms with E-state index in [0.717, 1.165) is 28.9 Å². The first-order valence-corrected chi connectivity index (χ1v) is 13.8. The van der Waals surface area contributed by atoms with Gasteiger partial charge in [-0.1, -0.05) is 123 Å². The fourth-order valence-corrected chi connectivity index (χ4v) is 6.55. The minimum atomic E-state index is -0.0120. The summed E-state index contributed by atoms with van der Waals surface area (Å²) in [5.41, 5.74) is 13.8. The highest BCUT2D eigenvalue weighted by Gasteiger charge is 2.37. The van der Waals surface area contributed by atoms with Gasteiger partial charge in [-0.3, -0.25) is 0 Å². The molecule has 1 aromatic heterocycles. The topological polar surface area (TPSA) is 38.7 Å². The lowest BCUT2D eigenvalue weighted by Gasteiger charge is -2.22. The van der Waals surface area contributed by atoms with Crippen LogP contribution >= 0.6 is 0 Å². The van der Waals surface area contributed by atoms with Crippen molar-refractivity contribution in [1.82, 2.24) is 15.0 Å². The quantitative estimate of drug-likeness (QED) is 0.237. The number of benzene rings is 5. The molecule has 6 aromatic rings. The van der Waals surface area contributed by atoms with Crippen molar-refractivity contribution in [3.05, 3.63) is 138 Å². The molecule has 0 N–H and O–H groups in total. The average molecular weight is 514 g/mol. The van der Waals surface area contributed by atoms with E-state index in [1.165, 1.54) is 44.5 Å². The lowest BCUT2D eigenvalue weighted by Crippen LogP contribution is -2.15. The van der Waals surface area contributed by atoms with Crippen LogP contribution in [0.4, 0.5) is 0 Å². The second kappa shape index (κ2) is 8.56. The summed E-state index contributed by atoms with van der Waals surface area (Å²) >= 11 is 0. The van der Waals surface area contributed by atoms with Crippen molar-refractivity contribution in [3.63, 3.8) is 0 Å². The van der Waals surface area contributed by atoms with Crippen LogP contribution in [0.1, 0.15) is 36.1 Å². The minimum absolute atomic E-state index is 0.0120. The Hall–Kier alpha value is -4.89. The maximum atomic E-state index is 5.03. The van der Waals surface area contributed by atoms with Crippen molar-refractivity contribution in [2.24, 2.45) is 0 Å². The number of rotatable bonds is 3. The van der Waals surface area contributed by atoms with E-state index in [-0.39, 0.29) is 5.41 Å². The van der Waals surface area contributed by atoms with E-state index in [4.69, 9.17) is 15.0 Å². The van der Waals surface area contributed by atoms with E-state index < -0.39 is 0 Å². The van der Waals surface area contributed by atoms with Crippen LogP contribution in [0, 0.1) is 0 Å². The number of hydrogen-bond acceptors (Lipinski definition) is 3. The van der Waals surface area contributed by atoms with Gasteiger partial charge >= 0.3 is 0 Å². The van der Waals surface area contributed by atoms with Gasteiger partial charge in [-0.25, -0.2) is 15.0 Å². The molecule has 2 aliphatic carbocycles. The number of aromatic nitrogens is 3. The Morgan fingerprint density at radius 2 is 1.05 bits per heavy atom. The zero-order valence-corrected chi connectivity index (χ0v) is 22.5. The van der Waals surface area contributed by atoms with E-state index in [9.17, 15) is 0 Å². The molecule has 0 fully saturated rings. The molecule has 3 nitrogen and oxygen atoms in total. The van der Waals surface area contributed by atoms with E-state index in [0.29, 0.717) is 11.6 Å². The summed E-state index contributed by atoms with van der Waals surface area (Å²) < 4.78 is 0. The second-order valence-electron chi connectivity index (χ2n) is 11.3. The second-order valence-corrected chi connectivity index (χ2v) is 11.3. The van der Waals surface area contributed by atoms with E-state index >= 15 is 0 Å². The third-order valence-corrected chi connectivity index (χ3v) is 8.58. The van der Waals surface area contributed by atoms with E-state index in [2.05, 4.69) is 92.7 Å². The van der Waals surface area contributed by atoms with Crippen molar-refractivity contribution in [3.8, 4) is 56.4 Å². The Balaban J connectivity index is 1.31. The maximum absolute atomic E-state index is 5.03. The first kappa shape index (κ1) is 23.0. The third kappa shape index (κ3) is 3.41. The lowest BCUT2D eigenvalue weighted by molar-refractivity contribution is 0.659. The molecule has 2 aliphatic rings. The van der Waals surface area contributed by atoms with Crippen LogP contribution in [0.2, 0.25) is 0 Å². The Labute approximate surface area is 234 Å². The highest BCUT2D eigenvalue weighted by atomic mass is 15.0. The third-order valence-electron chi connectivity index (χ3n) is 8.58. The summed E-state index contributed by atoms with van der Waals surface area (Å²) in [5.74, 6) is 2.10. The van der Waals surface area contributed by atoms with Gasteiger partial charge in [-0.2, -0.15) is 0 Å². The van der Waals surface area contributed by atoms with Crippen molar-refractivity contribution < 1.29 is 0 Å². The minimum Gasteiger partial charge on any atom is -0.208 e. The molecule has 0 atom stereocenters. The van der Waals surface area contributed by atoms with Gasteiger partial charge in [-0.05, 0) is 57.0 Å². The van der Waals surface area contributed by atoms with Crippen LogP contribution in [0.15, 0.2) is 115 Å². The number of hydrogen-bond donors (Lipinski definition) is 0. The van der Waals surface area contributed by atoms with Gasteiger partial charge in [0.2, 0.25) is 0 Å². The molecule has 0 aliphatic heterocycles. The fraction of sp³-hybridized carbons (Fsp3) is 0.108. The van der Waals surface area contributed by atoms with E-state index in [1.807, 2.05) is 36.4 Å². The average Bonchev–Trinajstić information content (AvgIpc) is 3.49. The molecular weight excluding hydrogens is 486 g/mol. The van der Waals surface area contributed by atoms with Crippen molar-refractivity contribution >= 4 is 0 Å². The van der Waals surface area contributed by atoms with Gasteiger partial charge in [-0.15, -0.1) is 0 Å². The summed E-state index contributed by atoms with van der Waals surface area (Å²) in [6.45, 7) is 4.69. The van der Waals surface area contributed by atoms with Gasteiger partial charge in [0.05, 0.1) is 0 Å². The highest BCUT2D eigenvalue weighted by Crippen LogP contribution is 2.52. The SMILES string of the molecule is CC1(C)c2ccccc2-c2cc3c(cc21)Cc1c(-c2nc(-c4ccccc4)nc(-c4ccccc4)n2)cccc1-3. The zero-order valence-electron chi connectivity index (χ0n) is 22.5. The standard InChI is InChI=1S/C37H27N3/c1-37(2)32-19-10-9-16-27(32)31-22-29-25(21-33(31)37)20-30-26(29)17-11-18-28(30)36-39-34(23-12-5-3-6-13-23)38-35(40-36)24-14-7-4-8-15-24/h3-19,21-22H,20H2,1-2H3. The molecule has 0 saturated heterocycles. The molecule has 0 radical (unpaired) electrons. The van der Waals surface area contributed by atoms with Crippen molar-refractivity contribution in [1.29, 1.82) is 0 Å². The molecule has 5 aromatic carbocycles. The van der Waals surface area contributed by atoms with Crippen LogP contribution in [-0.4, -0.2) is 15.0 Å². The van der Waals surface area contributed by atoms with E-state index in [1.54, 1.807) is 0 Å². The Bertz CT molecular complexity index is 1880. The fourth-order valence-electron chi connectivity index (χ4n) is 6.55. The molecule has 0 spiro atoms. The van der Waals surface area contributed by atoms with Crippen molar-refractivity contribution in [2.45, 2.75) is 25.7 Å². The monoisotopic (exact) mass is 513 g/mol. The molecule has 0 unspecified atom stereocenters. The molecule has 0 amide bonds. The molecule has 1 heterocycles. The van der Waals surface area contributed by atoms with Gasteiger partial charge in [0, 0.05) is 22.1 Å². The first-order valence-electron chi connectivity index (χ1n) is 13.8. The summed E-state index contributed by atoms with van der Waals surface area (Å²) in [4.78, 5) is 15.0. The Morgan fingerprint density at radius 3 is 1.75 bits per heavy atom. The molecule has 0 saturated carbocycles.